The van der Waals surface area contributed by atoms with Crippen molar-refractivity contribution in [3.05, 3.63) is 34.4 Å². The molecule has 3 heteroatoms. The fourth-order valence-electron chi connectivity index (χ4n) is 3.11. The van der Waals surface area contributed by atoms with Crippen LogP contribution in [0.3, 0.4) is 0 Å². The highest BCUT2D eigenvalue weighted by molar-refractivity contribution is 5.97. The molecule has 1 fully saturated rings. The van der Waals surface area contributed by atoms with Crippen molar-refractivity contribution in [3.63, 3.8) is 0 Å². The molecule has 1 N–H and O–H groups in total. The first-order valence-electron chi connectivity index (χ1n) is 6.96. The molecule has 1 aliphatic heterocycles. The summed E-state index contributed by atoms with van der Waals surface area (Å²) in [5, 5.41) is 10.2. The Morgan fingerprint density at radius 2 is 1.79 bits per heavy atom. The summed E-state index contributed by atoms with van der Waals surface area (Å²) >= 11 is 0. The number of amides is 1. The van der Waals surface area contributed by atoms with E-state index in [0.29, 0.717) is 13.1 Å². The standard InChI is InChI=1S/C16H23NO2/c1-5-6-16(19)9-17(10-16)15(18)14-12(3)7-11(2)8-13(14)4/h7-8,19H,5-6,9-10H2,1-4H3. The molecule has 19 heavy (non-hydrogen) atoms. The first-order chi connectivity index (χ1) is 8.86. The van der Waals surface area contributed by atoms with Gasteiger partial charge in [-0.15, -0.1) is 0 Å². The van der Waals surface area contributed by atoms with Crippen molar-refractivity contribution in [2.24, 2.45) is 0 Å². The second-order valence-corrected chi connectivity index (χ2v) is 5.91. The normalized spacial score (nSPS) is 17.2. The summed E-state index contributed by atoms with van der Waals surface area (Å²) < 4.78 is 0. The monoisotopic (exact) mass is 261 g/mol. The number of aliphatic hydroxyl groups is 1. The highest BCUT2D eigenvalue weighted by atomic mass is 16.3. The molecule has 3 nitrogen and oxygen atoms in total. The largest absolute Gasteiger partial charge is 0.386 e. The Kier molecular flexibility index (Phi) is 3.68. The molecule has 1 aromatic carbocycles. The highest BCUT2D eigenvalue weighted by Gasteiger charge is 2.43. The third kappa shape index (κ3) is 2.66. The molecule has 0 bridgehead atoms. The van der Waals surface area contributed by atoms with Gasteiger partial charge >= 0.3 is 0 Å². The van der Waals surface area contributed by atoms with E-state index in [1.54, 1.807) is 4.90 Å². The van der Waals surface area contributed by atoms with Gasteiger partial charge in [0.25, 0.3) is 5.91 Å². The third-order valence-electron chi connectivity index (χ3n) is 3.86. The Labute approximate surface area is 115 Å². The maximum Gasteiger partial charge on any atom is 0.254 e. The molecule has 0 aromatic heterocycles. The van der Waals surface area contributed by atoms with Crippen molar-refractivity contribution in [2.75, 3.05) is 13.1 Å². The molecule has 0 spiro atoms. The van der Waals surface area contributed by atoms with Crippen LogP contribution in [0.4, 0.5) is 0 Å². The first-order valence-corrected chi connectivity index (χ1v) is 6.96. The summed E-state index contributed by atoms with van der Waals surface area (Å²) in [5.74, 6) is 0.0516. The molecular weight excluding hydrogens is 238 g/mol. The summed E-state index contributed by atoms with van der Waals surface area (Å²) in [4.78, 5) is 14.2. The molecule has 1 amide bonds. The summed E-state index contributed by atoms with van der Waals surface area (Å²) in [6, 6.07) is 4.08. The van der Waals surface area contributed by atoms with E-state index in [0.717, 1.165) is 29.5 Å². The summed E-state index contributed by atoms with van der Waals surface area (Å²) in [7, 11) is 0. The minimum atomic E-state index is -0.656. The fourth-order valence-corrected chi connectivity index (χ4v) is 3.11. The average Bonchev–Trinajstić information content (AvgIpc) is 2.24. The number of carbonyl (C=O) groups excluding carboxylic acids is 1. The lowest BCUT2D eigenvalue weighted by Gasteiger charge is -2.46. The molecule has 1 aromatic rings. The summed E-state index contributed by atoms with van der Waals surface area (Å²) in [6.07, 6.45) is 1.71. The molecule has 0 aliphatic carbocycles. The molecule has 0 radical (unpaired) electrons. The van der Waals surface area contributed by atoms with E-state index in [1.165, 1.54) is 5.56 Å². The van der Waals surface area contributed by atoms with Gasteiger partial charge in [-0.05, 0) is 38.3 Å². The van der Waals surface area contributed by atoms with E-state index in [-0.39, 0.29) is 5.91 Å². The lowest BCUT2D eigenvalue weighted by molar-refractivity contribution is -0.0860. The lowest BCUT2D eigenvalue weighted by atomic mass is 9.87. The molecule has 2 rings (SSSR count). The number of hydrogen-bond donors (Lipinski definition) is 1. The Balaban J connectivity index is 2.15. The van der Waals surface area contributed by atoms with E-state index >= 15 is 0 Å². The van der Waals surface area contributed by atoms with Crippen LogP contribution in [0.25, 0.3) is 0 Å². The Hall–Kier alpha value is -1.35. The van der Waals surface area contributed by atoms with Gasteiger partial charge in [0.15, 0.2) is 0 Å². The number of β-amino-alcohol motifs (C(OH)–C–C–N with tert-alkyl or cyclic N) is 1. The van der Waals surface area contributed by atoms with Crippen LogP contribution < -0.4 is 0 Å². The topological polar surface area (TPSA) is 40.5 Å². The van der Waals surface area contributed by atoms with Crippen LogP contribution in [0.2, 0.25) is 0 Å². The van der Waals surface area contributed by atoms with Gasteiger partial charge in [-0.3, -0.25) is 4.79 Å². The minimum absolute atomic E-state index is 0.0516. The number of rotatable bonds is 3. The number of nitrogens with zero attached hydrogens (tertiary/aromatic N) is 1. The van der Waals surface area contributed by atoms with Gasteiger partial charge in [-0.2, -0.15) is 0 Å². The molecule has 0 saturated carbocycles. The molecule has 1 aliphatic rings. The second-order valence-electron chi connectivity index (χ2n) is 5.91. The summed E-state index contributed by atoms with van der Waals surface area (Å²) in [6.45, 7) is 8.98. The predicted octanol–water partition coefficient (Wildman–Crippen LogP) is 2.60. The molecule has 0 atom stereocenters. The second kappa shape index (κ2) is 4.97. The van der Waals surface area contributed by atoms with Crippen LogP contribution in [-0.2, 0) is 0 Å². The number of carbonyl (C=O) groups is 1. The predicted molar refractivity (Wildman–Crippen MR) is 76.4 cm³/mol. The van der Waals surface area contributed by atoms with Gasteiger partial charge in [0.05, 0.1) is 18.7 Å². The lowest BCUT2D eigenvalue weighted by Crippen LogP contribution is -2.63. The van der Waals surface area contributed by atoms with Crippen molar-refractivity contribution in [1.82, 2.24) is 4.90 Å². The zero-order valence-corrected chi connectivity index (χ0v) is 12.3. The number of likely N-dealkylation sites (tertiary alicyclic amines) is 1. The van der Waals surface area contributed by atoms with Crippen LogP contribution in [0.5, 0.6) is 0 Å². The van der Waals surface area contributed by atoms with Crippen LogP contribution >= 0.6 is 0 Å². The SMILES string of the molecule is CCCC1(O)CN(C(=O)c2c(C)cc(C)cc2C)C1. The van der Waals surface area contributed by atoms with E-state index in [9.17, 15) is 9.90 Å². The van der Waals surface area contributed by atoms with Gasteiger partial charge < -0.3 is 10.0 Å². The zero-order chi connectivity index (χ0) is 14.2. The van der Waals surface area contributed by atoms with Crippen LogP contribution in [-0.4, -0.2) is 34.6 Å². The number of benzene rings is 1. The van der Waals surface area contributed by atoms with Crippen molar-refractivity contribution in [1.29, 1.82) is 0 Å². The van der Waals surface area contributed by atoms with Gasteiger partial charge in [0, 0.05) is 5.56 Å². The van der Waals surface area contributed by atoms with Crippen molar-refractivity contribution >= 4 is 5.91 Å². The Morgan fingerprint density at radius 3 is 2.26 bits per heavy atom. The van der Waals surface area contributed by atoms with Crippen molar-refractivity contribution in [2.45, 2.75) is 46.1 Å². The third-order valence-corrected chi connectivity index (χ3v) is 3.86. The van der Waals surface area contributed by atoms with E-state index in [4.69, 9.17) is 0 Å². The smallest absolute Gasteiger partial charge is 0.254 e. The molecule has 1 saturated heterocycles. The highest BCUT2D eigenvalue weighted by Crippen LogP contribution is 2.29. The van der Waals surface area contributed by atoms with Crippen molar-refractivity contribution in [3.8, 4) is 0 Å². The molecule has 104 valence electrons. The molecule has 0 unspecified atom stereocenters. The maximum absolute atomic E-state index is 12.5. The fraction of sp³-hybridized carbons (Fsp3) is 0.562. The van der Waals surface area contributed by atoms with Gasteiger partial charge in [0.1, 0.15) is 0 Å². The Morgan fingerprint density at radius 1 is 1.26 bits per heavy atom. The quantitative estimate of drug-likeness (QED) is 0.908. The van der Waals surface area contributed by atoms with Crippen LogP contribution in [0.1, 0.15) is 46.8 Å². The van der Waals surface area contributed by atoms with Gasteiger partial charge in [-0.25, -0.2) is 0 Å². The minimum Gasteiger partial charge on any atom is -0.386 e. The maximum atomic E-state index is 12.5. The Bertz CT molecular complexity index is 478. The van der Waals surface area contributed by atoms with Gasteiger partial charge in [-0.1, -0.05) is 31.0 Å². The first kappa shape index (κ1) is 14.1. The number of hydrogen-bond acceptors (Lipinski definition) is 2. The van der Waals surface area contributed by atoms with Crippen LogP contribution in [0, 0.1) is 20.8 Å². The van der Waals surface area contributed by atoms with E-state index < -0.39 is 5.60 Å². The number of aryl methyl sites for hydroxylation is 3. The zero-order valence-electron chi connectivity index (χ0n) is 12.3. The molecule has 1 heterocycles. The van der Waals surface area contributed by atoms with E-state index in [2.05, 4.69) is 6.92 Å². The molecular formula is C16H23NO2. The van der Waals surface area contributed by atoms with Crippen molar-refractivity contribution < 1.29 is 9.90 Å². The van der Waals surface area contributed by atoms with Gasteiger partial charge in [0.2, 0.25) is 0 Å². The van der Waals surface area contributed by atoms with E-state index in [1.807, 2.05) is 32.9 Å². The van der Waals surface area contributed by atoms with Crippen LogP contribution in [0.15, 0.2) is 12.1 Å². The average molecular weight is 261 g/mol. The summed E-state index contributed by atoms with van der Waals surface area (Å²) in [5.41, 5.74) is 3.36.